The zero-order valence-electron chi connectivity index (χ0n) is 10.4. The molecule has 2 N–H and O–H groups in total. The number of carbonyl (C=O) groups is 1. The van der Waals surface area contributed by atoms with Crippen molar-refractivity contribution >= 4 is 17.0 Å². The number of fused-ring (bicyclic) bond motifs is 1. The van der Waals surface area contributed by atoms with E-state index in [4.69, 9.17) is 10.2 Å². The van der Waals surface area contributed by atoms with E-state index in [0.29, 0.717) is 11.9 Å². The van der Waals surface area contributed by atoms with Crippen LogP contribution < -0.4 is 0 Å². The van der Waals surface area contributed by atoms with E-state index in [9.17, 15) is 4.79 Å². The van der Waals surface area contributed by atoms with Gasteiger partial charge < -0.3 is 14.8 Å². The summed E-state index contributed by atoms with van der Waals surface area (Å²) in [7, 11) is 0. The number of aromatic carboxylic acids is 1. The summed E-state index contributed by atoms with van der Waals surface area (Å²) in [6.45, 7) is 4.12. The minimum absolute atomic E-state index is 0.0971. The second-order valence-electron chi connectivity index (χ2n) is 4.91. The summed E-state index contributed by atoms with van der Waals surface area (Å²) >= 11 is 0. The molecule has 2 aromatic rings. The highest BCUT2D eigenvalue weighted by atomic mass is 16.4. The molecule has 0 aliphatic carbocycles. The number of carboxylic acids is 1. The summed E-state index contributed by atoms with van der Waals surface area (Å²) in [6.07, 6.45) is 2.30. The molecule has 5 nitrogen and oxygen atoms in total. The summed E-state index contributed by atoms with van der Waals surface area (Å²) in [5, 5.41) is 18.0. The third-order valence-corrected chi connectivity index (χ3v) is 3.17. The number of rotatable bonds is 4. The first-order valence-corrected chi connectivity index (χ1v) is 5.77. The summed E-state index contributed by atoms with van der Waals surface area (Å²) in [6, 6.07) is 4.88. The van der Waals surface area contributed by atoms with E-state index < -0.39 is 5.97 Å². The van der Waals surface area contributed by atoms with Crippen molar-refractivity contribution in [1.82, 2.24) is 9.55 Å². The van der Waals surface area contributed by atoms with Gasteiger partial charge in [-0.3, -0.25) is 0 Å². The average Bonchev–Trinajstić information content (AvgIpc) is 2.71. The van der Waals surface area contributed by atoms with Crippen LogP contribution in [0, 0.1) is 0 Å². The number of aromatic nitrogens is 2. The van der Waals surface area contributed by atoms with Crippen LogP contribution in [0.15, 0.2) is 24.5 Å². The molecule has 0 bridgehead atoms. The van der Waals surface area contributed by atoms with Crippen LogP contribution in [0.4, 0.5) is 0 Å². The molecule has 1 heterocycles. The molecule has 18 heavy (non-hydrogen) atoms. The molecule has 0 aliphatic heterocycles. The molecule has 2 rings (SSSR count). The lowest BCUT2D eigenvalue weighted by molar-refractivity contribution is 0.0697. The van der Waals surface area contributed by atoms with Crippen molar-refractivity contribution in [2.24, 2.45) is 0 Å². The molecule has 96 valence electrons. The molecule has 0 radical (unpaired) electrons. The van der Waals surface area contributed by atoms with Gasteiger partial charge in [-0.1, -0.05) is 0 Å². The summed E-state index contributed by atoms with van der Waals surface area (Å²) < 4.78 is 1.96. The van der Waals surface area contributed by atoms with Gasteiger partial charge in [0.1, 0.15) is 0 Å². The lowest BCUT2D eigenvalue weighted by Crippen LogP contribution is -2.26. The van der Waals surface area contributed by atoms with Crippen molar-refractivity contribution < 1.29 is 15.0 Å². The maximum absolute atomic E-state index is 10.9. The molecular formula is C13H16N2O3. The maximum atomic E-state index is 10.9. The second kappa shape index (κ2) is 4.42. The number of carboxylic acid groups (broad SMARTS) is 1. The van der Waals surface area contributed by atoms with Gasteiger partial charge in [0, 0.05) is 12.1 Å². The third-order valence-electron chi connectivity index (χ3n) is 3.17. The molecule has 1 aromatic carbocycles. The minimum Gasteiger partial charge on any atom is -0.478 e. The number of benzene rings is 1. The van der Waals surface area contributed by atoms with Gasteiger partial charge in [0.15, 0.2) is 0 Å². The van der Waals surface area contributed by atoms with Gasteiger partial charge in [-0.25, -0.2) is 9.78 Å². The zero-order valence-corrected chi connectivity index (χ0v) is 10.4. The lowest BCUT2D eigenvalue weighted by atomic mass is 10.0. The minimum atomic E-state index is -0.957. The Morgan fingerprint density at radius 2 is 2.17 bits per heavy atom. The van der Waals surface area contributed by atoms with Gasteiger partial charge in [0.2, 0.25) is 0 Å². The van der Waals surface area contributed by atoms with Crippen LogP contribution in [-0.4, -0.2) is 32.3 Å². The fourth-order valence-electron chi connectivity index (χ4n) is 2.02. The van der Waals surface area contributed by atoms with Crippen molar-refractivity contribution in [3.8, 4) is 0 Å². The molecule has 1 aromatic heterocycles. The van der Waals surface area contributed by atoms with Crippen molar-refractivity contribution in [3.63, 3.8) is 0 Å². The number of hydrogen-bond donors (Lipinski definition) is 2. The molecule has 5 heteroatoms. The van der Waals surface area contributed by atoms with E-state index in [0.717, 1.165) is 5.52 Å². The van der Waals surface area contributed by atoms with Crippen LogP contribution in [0.3, 0.4) is 0 Å². The van der Waals surface area contributed by atoms with Crippen LogP contribution in [-0.2, 0) is 5.54 Å². The van der Waals surface area contributed by atoms with Crippen LogP contribution in [0.25, 0.3) is 11.0 Å². The molecule has 0 saturated carbocycles. The van der Waals surface area contributed by atoms with Crippen LogP contribution in [0.5, 0.6) is 0 Å². The van der Waals surface area contributed by atoms with E-state index in [1.165, 1.54) is 0 Å². The highest BCUT2D eigenvalue weighted by Gasteiger charge is 2.21. The largest absolute Gasteiger partial charge is 0.478 e. The van der Waals surface area contributed by atoms with Crippen LogP contribution in [0.2, 0.25) is 0 Å². The fourth-order valence-corrected chi connectivity index (χ4v) is 2.02. The standard InChI is InChI=1S/C13H16N2O3/c1-13(2,5-6-16)15-8-14-10-7-9(12(17)18)3-4-11(10)15/h3-4,7-8,16H,5-6H2,1-2H3,(H,17,18). The first kappa shape index (κ1) is 12.6. The molecule has 0 amide bonds. The van der Waals surface area contributed by atoms with Crippen molar-refractivity contribution in [2.75, 3.05) is 6.61 Å². The normalized spacial score (nSPS) is 11.9. The van der Waals surface area contributed by atoms with Crippen LogP contribution in [0.1, 0.15) is 30.6 Å². The molecule has 0 unspecified atom stereocenters. The molecular weight excluding hydrogens is 232 g/mol. The van der Waals surface area contributed by atoms with E-state index in [2.05, 4.69) is 4.98 Å². The SMILES string of the molecule is CC(C)(CCO)n1cnc2cc(C(=O)O)ccc21. The Labute approximate surface area is 105 Å². The third kappa shape index (κ3) is 2.09. The first-order chi connectivity index (χ1) is 8.45. The number of nitrogens with zero attached hydrogens (tertiary/aromatic N) is 2. The Bertz CT molecular complexity index is 587. The highest BCUT2D eigenvalue weighted by molar-refractivity contribution is 5.92. The van der Waals surface area contributed by atoms with E-state index in [-0.39, 0.29) is 17.7 Å². The van der Waals surface area contributed by atoms with Crippen molar-refractivity contribution in [2.45, 2.75) is 25.8 Å². The van der Waals surface area contributed by atoms with Gasteiger partial charge in [0.25, 0.3) is 0 Å². The Hall–Kier alpha value is -1.88. The molecule has 0 atom stereocenters. The summed E-state index contributed by atoms with van der Waals surface area (Å²) in [5.74, 6) is -0.957. The number of imidazole rings is 1. The molecule has 0 fully saturated rings. The number of hydrogen-bond acceptors (Lipinski definition) is 3. The highest BCUT2D eigenvalue weighted by Crippen LogP contribution is 2.25. The summed E-state index contributed by atoms with van der Waals surface area (Å²) in [5.41, 5.74) is 1.50. The van der Waals surface area contributed by atoms with Gasteiger partial charge in [-0.15, -0.1) is 0 Å². The van der Waals surface area contributed by atoms with Gasteiger partial charge in [-0.2, -0.15) is 0 Å². The molecule has 0 spiro atoms. The van der Waals surface area contributed by atoms with Crippen LogP contribution >= 0.6 is 0 Å². The van der Waals surface area contributed by atoms with Gasteiger partial charge in [-0.05, 0) is 38.5 Å². The zero-order chi connectivity index (χ0) is 13.3. The quantitative estimate of drug-likeness (QED) is 0.865. The van der Waals surface area contributed by atoms with Crippen molar-refractivity contribution in [1.29, 1.82) is 0 Å². The van der Waals surface area contributed by atoms with E-state index in [1.54, 1.807) is 24.5 Å². The monoisotopic (exact) mass is 248 g/mol. The Balaban J connectivity index is 2.52. The van der Waals surface area contributed by atoms with Gasteiger partial charge in [0.05, 0.1) is 22.9 Å². The predicted molar refractivity (Wildman–Crippen MR) is 67.7 cm³/mol. The number of aliphatic hydroxyl groups excluding tert-OH is 1. The first-order valence-electron chi connectivity index (χ1n) is 5.77. The second-order valence-corrected chi connectivity index (χ2v) is 4.91. The summed E-state index contributed by atoms with van der Waals surface area (Å²) in [4.78, 5) is 15.1. The lowest BCUT2D eigenvalue weighted by Gasteiger charge is -2.26. The van der Waals surface area contributed by atoms with Crippen molar-refractivity contribution in [3.05, 3.63) is 30.1 Å². The number of aliphatic hydroxyl groups is 1. The topological polar surface area (TPSA) is 75.3 Å². The maximum Gasteiger partial charge on any atom is 0.335 e. The smallest absolute Gasteiger partial charge is 0.335 e. The predicted octanol–water partition coefficient (Wildman–Crippen LogP) is 1.85. The Kier molecular flexibility index (Phi) is 3.09. The molecule has 0 saturated heterocycles. The Morgan fingerprint density at radius 3 is 2.78 bits per heavy atom. The Morgan fingerprint density at radius 1 is 1.44 bits per heavy atom. The van der Waals surface area contributed by atoms with E-state index in [1.807, 2.05) is 18.4 Å². The average molecular weight is 248 g/mol. The van der Waals surface area contributed by atoms with Gasteiger partial charge >= 0.3 is 5.97 Å². The molecule has 0 aliphatic rings. The van der Waals surface area contributed by atoms with E-state index >= 15 is 0 Å². The fraction of sp³-hybridized carbons (Fsp3) is 0.385.